The molecule has 3 heteroatoms. The Morgan fingerprint density at radius 1 is 1.58 bits per heavy atom. The van der Waals surface area contributed by atoms with Crippen molar-refractivity contribution in [2.24, 2.45) is 4.99 Å². The van der Waals surface area contributed by atoms with Crippen molar-refractivity contribution >= 4 is 12.5 Å². The number of methoxy groups -OCH3 is 1. The molecular weight excluding hydrogens is 152 g/mol. The molecule has 1 rings (SSSR count). The van der Waals surface area contributed by atoms with E-state index in [0.29, 0.717) is 11.6 Å². The summed E-state index contributed by atoms with van der Waals surface area (Å²) in [5.41, 5.74) is 0.998. The van der Waals surface area contributed by atoms with Crippen LogP contribution in [-0.2, 0) is 6.42 Å². The molecule has 0 aliphatic carbocycles. The third-order valence-electron chi connectivity index (χ3n) is 1.63. The van der Waals surface area contributed by atoms with Crippen LogP contribution in [0.25, 0.3) is 0 Å². The average molecular weight is 164 g/mol. The maximum atomic E-state index is 5.04. The molecule has 3 nitrogen and oxygen atoms in total. The smallest absolute Gasteiger partial charge is 0.194 e. The first-order valence-electron chi connectivity index (χ1n) is 3.82. The van der Waals surface area contributed by atoms with E-state index in [-0.39, 0.29) is 0 Å². The first-order chi connectivity index (χ1) is 5.81. The fraction of sp³-hybridized carbons (Fsp3) is 0.333. The van der Waals surface area contributed by atoms with E-state index in [0.717, 1.165) is 12.1 Å². The number of hydrogen-bond acceptors (Lipinski definition) is 3. The second-order valence-electron chi connectivity index (χ2n) is 2.34. The van der Waals surface area contributed by atoms with Crippen LogP contribution in [0.2, 0.25) is 0 Å². The highest BCUT2D eigenvalue weighted by Gasteiger charge is 2.01. The van der Waals surface area contributed by atoms with Crippen molar-refractivity contribution in [1.82, 2.24) is 4.98 Å². The molecule has 0 unspecified atom stereocenters. The molecule has 0 fully saturated rings. The van der Waals surface area contributed by atoms with Crippen LogP contribution in [0.1, 0.15) is 12.6 Å². The molecule has 0 amide bonds. The number of aryl methyl sites for hydroxylation is 1. The lowest BCUT2D eigenvalue weighted by Crippen LogP contribution is -1.90. The van der Waals surface area contributed by atoms with Crippen LogP contribution in [0.3, 0.4) is 0 Å². The Morgan fingerprint density at radius 2 is 2.33 bits per heavy atom. The van der Waals surface area contributed by atoms with Crippen LogP contribution < -0.4 is 4.74 Å². The highest BCUT2D eigenvalue weighted by atomic mass is 16.5. The molecule has 0 saturated heterocycles. The number of pyridine rings is 1. The molecule has 1 aromatic rings. The zero-order chi connectivity index (χ0) is 8.97. The molecular formula is C9H12N2O. The van der Waals surface area contributed by atoms with Crippen molar-refractivity contribution in [2.45, 2.75) is 13.3 Å². The molecule has 0 saturated carbocycles. The van der Waals surface area contributed by atoms with E-state index in [1.165, 1.54) is 0 Å². The molecule has 1 aromatic heterocycles. The highest BCUT2D eigenvalue weighted by Crippen LogP contribution is 2.24. The predicted molar refractivity (Wildman–Crippen MR) is 49.4 cm³/mol. The maximum Gasteiger partial charge on any atom is 0.194 e. The largest absolute Gasteiger partial charge is 0.493 e. The number of nitrogens with zero attached hydrogens (tertiary/aromatic N) is 2. The van der Waals surface area contributed by atoms with Crippen LogP contribution in [0.4, 0.5) is 5.82 Å². The molecule has 0 aliphatic rings. The van der Waals surface area contributed by atoms with E-state index in [1.807, 2.05) is 19.1 Å². The quantitative estimate of drug-likeness (QED) is 0.640. The monoisotopic (exact) mass is 164 g/mol. The van der Waals surface area contributed by atoms with Gasteiger partial charge in [-0.05, 0) is 25.3 Å². The lowest BCUT2D eigenvalue weighted by Gasteiger charge is -2.03. The summed E-state index contributed by atoms with van der Waals surface area (Å²) in [5.74, 6) is 1.24. The topological polar surface area (TPSA) is 34.5 Å². The van der Waals surface area contributed by atoms with Gasteiger partial charge in [0, 0.05) is 5.69 Å². The Morgan fingerprint density at radius 3 is 2.83 bits per heavy atom. The molecule has 12 heavy (non-hydrogen) atoms. The third-order valence-corrected chi connectivity index (χ3v) is 1.63. The molecule has 0 atom stereocenters. The molecule has 0 aromatic carbocycles. The fourth-order valence-corrected chi connectivity index (χ4v) is 0.944. The molecule has 0 aliphatic heterocycles. The van der Waals surface area contributed by atoms with E-state index >= 15 is 0 Å². The Labute approximate surface area is 72.1 Å². The second kappa shape index (κ2) is 3.85. The van der Waals surface area contributed by atoms with E-state index in [2.05, 4.69) is 16.7 Å². The van der Waals surface area contributed by atoms with Gasteiger partial charge in [0.25, 0.3) is 0 Å². The van der Waals surface area contributed by atoms with Crippen molar-refractivity contribution < 1.29 is 4.74 Å². The minimum atomic E-state index is 0.567. The van der Waals surface area contributed by atoms with Crippen molar-refractivity contribution in [2.75, 3.05) is 7.11 Å². The second-order valence-corrected chi connectivity index (χ2v) is 2.34. The molecule has 1 heterocycles. The minimum absolute atomic E-state index is 0.567. The number of hydrogen-bond donors (Lipinski definition) is 0. The summed E-state index contributed by atoms with van der Waals surface area (Å²) in [6, 6.07) is 3.78. The molecule has 0 bridgehead atoms. The average Bonchev–Trinajstić information content (AvgIpc) is 2.16. The fourth-order valence-electron chi connectivity index (χ4n) is 0.944. The van der Waals surface area contributed by atoms with E-state index in [1.54, 1.807) is 7.11 Å². The summed E-state index contributed by atoms with van der Waals surface area (Å²) in [5, 5.41) is 0. The number of aromatic nitrogens is 1. The van der Waals surface area contributed by atoms with Gasteiger partial charge in [0.05, 0.1) is 7.11 Å². The lowest BCUT2D eigenvalue weighted by atomic mass is 10.3. The molecule has 0 radical (unpaired) electrons. The van der Waals surface area contributed by atoms with Crippen molar-refractivity contribution in [1.29, 1.82) is 0 Å². The van der Waals surface area contributed by atoms with Crippen LogP contribution in [0.5, 0.6) is 5.75 Å². The van der Waals surface area contributed by atoms with Gasteiger partial charge in [-0.15, -0.1) is 0 Å². The van der Waals surface area contributed by atoms with Crippen LogP contribution in [0.15, 0.2) is 17.1 Å². The maximum absolute atomic E-state index is 5.04. The van der Waals surface area contributed by atoms with Crippen molar-refractivity contribution in [3.63, 3.8) is 0 Å². The van der Waals surface area contributed by atoms with Gasteiger partial charge in [0.2, 0.25) is 0 Å². The van der Waals surface area contributed by atoms with Gasteiger partial charge in [0.1, 0.15) is 0 Å². The third kappa shape index (κ3) is 1.61. The zero-order valence-corrected chi connectivity index (χ0v) is 7.37. The molecule has 0 spiro atoms. The van der Waals surface area contributed by atoms with Crippen molar-refractivity contribution in [3.8, 4) is 5.75 Å². The van der Waals surface area contributed by atoms with Crippen LogP contribution in [-0.4, -0.2) is 18.8 Å². The van der Waals surface area contributed by atoms with Gasteiger partial charge in [-0.1, -0.05) is 6.92 Å². The SMILES string of the molecule is C=Nc1nc(CC)ccc1OC. The Balaban J connectivity index is 3.10. The number of rotatable bonds is 3. The number of aliphatic imine (C=N–C) groups is 1. The molecule has 0 N–H and O–H groups in total. The van der Waals surface area contributed by atoms with Crippen LogP contribution in [0, 0.1) is 0 Å². The Hall–Kier alpha value is -1.38. The van der Waals surface area contributed by atoms with Gasteiger partial charge >= 0.3 is 0 Å². The van der Waals surface area contributed by atoms with Crippen molar-refractivity contribution in [3.05, 3.63) is 17.8 Å². The first kappa shape index (κ1) is 8.71. The van der Waals surface area contributed by atoms with Gasteiger partial charge in [0.15, 0.2) is 11.6 Å². The molecule has 64 valence electrons. The van der Waals surface area contributed by atoms with E-state index in [4.69, 9.17) is 4.74 Å². The lowest BCUT2D eigenvalue weighted by molar-refractivity contribution is 0.414. The number of ether oxygens (including phenoxy) is 1. The van der Waals surface area contributed by atoms with Gasteiger partial charge in [-0.25, -0.2) is 9.98 Å². The zero-order valence-electron chi connectivity index (χ0n) is 7.37. The predicted octanol–water partition coefficient (Wildman–Crippen LogP) is 1.98. The summed E-state index contributed by atoms with van der Waals surface area (Å²) in [4.78, 5) is 7.99. The minimum Gasteiger partial charge on any atom is -0.493 e. The summed E-state index contributed by atoms with van der Waals surface area (Å²) < 4.78 is 5.04. The van der Waals surface area contributed by atoms with Crippen LogP contribution >= 0.6 is 0 Å². The van der Waals surface area contributed by atoms with E-state index < -0.39 is 0 Å². The summed E-state index contributed by atoms with van der Waals surface area (Å²) in [7, 11) is 1.59. The summed E-state index contributed by atoms with van der Waals surface area (Å²) >= 11 is 0. The first-order valence-corrected chi connectivity index (χ1v) is 3.82. The Bertz CT molecular complexity index is 284. The Kier molecular flexibility index (Phi) is 2.80. The normalized spacial score (nSPS) is 9.50. The van der Waals surface area contributed by atoms with Gasteiger partial charge < -0.3 is 4.74 Å². The van der Waals surface area contributed by atoms with Gasteiger partial charge in [-0.2, -0.15) is 0 Å². The summed E-state index contributed by atoms with van der Waals surface area (Å²) in [6.45, 7) is 5.47. The van der Waals surface area contributed by atoms with Gasteiger partial charge in [-0.3, -0.25) is 0 Å². The standard InChI is InChI=1S/C9H12N2O/c1-4-7-5-6-8(12-3)9(10-2)11-7/h5-6H,2,4H2,1,3H3. The van der Waals surface area contributed by atoms with E-state index in [9.17, 15) is 0 Å². The highest BCUT2D eigenvalue weighted by molar-refractivity contribution is 5.50. The summed E-state index contributed by atoms with van der Waals surface area (Å²) in [6.07, 6.45) is 0.895.